The van der Waals surface area contributed by atoms with Gasteiger partial charge in [0.1, 0.15) is 9.88 Å². The molecule has 2 rings (SSSR count). The molecule has 0 bridgehead atoms. The molecule has 3 N–H and O–H groups in total. The van der Waals surface area contributed by atoms with Crippen molar-refractivity contribution in [1.29, 1.82) is 0 Å². The smallest absolute Gasteiger partial charge is 0.348 e. The van der Waals surface area contributed by atoms with Gasteiger partial charge in [-0.3, -0.25) is 4.79 Å². The topological polar surface area (TPSA) is 140 Å². The van der Waals surface area contributed by atoms with Gasteiger partial charge < -0.3 is 30.0 Å². The third-order valence-electron chi connectivity index (χ3n) is 4.25. The molecule has 1 aromatic carbocycles. The van der Waals surface area contributed by atoms with Gasteiger partial charge in [-0.15, -0.1) is 11.3 Å². The first-order chi connectivity index (χ1) is 15.8. The Morgan fingerprint density at radius 3 is 2.30 bits per heavy atom. The minimum atomic E-state index is -0.744. The van der Waals surface area contributed by atoms with E-state index in [0.717, 1.165) is 11.3 Å². The van der Waals surface area contributed by atoms with Crippen LogP contribution in [0.25, 0.3) is 0 Å². The molecule has 178 valence electrons. The summed E-state index contributed by atoms with van der Waals surface area (Å²) < 4.78 is 15.1. The monoisotopic (exact) mass is 478 g/mol. The summed E-state index contributed by atoms with van der Waals surface area (Å²) in [6.45, 7) is 4.60. The second kappa shape index (κ2) is 12.6. The van der Waals surface area contributed by atoms with Gasteiger partial charge in [0.05, 0.1) is 30.9 Å². The molecule has 2 aromatic rings. The molecule has 1 amide bonds. The molecule has 0 aliphatic heterocycles. The predicted molar refractivity (Wildman–Crippen MR) is 122 cm³/mol. The molecule has 0 spiro atoms. The number of nitrogens with one attached hydrogen (secondary N) is 2. The van der Waals surface area contributed by atoms with Crippen LogP contribution in [0.15, 0.2) is 24.3 Å². The lowest BCUT2D eigenvalue weighted by atomic mass is 10.1. The van der Waals surface area contributed by atoms with Gasteiger partial charge in [-0.2, -0.15) is 0 Å². The summed E-state index contributed by atoms with van der Waals surface area (Å²) in [6, 6.07) is 6.51. The van der Waals surface area contributed by atoms with Crippen LogP contribution >= 0.6 is 11.3 Å². The van der Waals surface area contributed by atoms with Crippen LogP contribution in [0.3, 0.4) is 0 Å². The van der Waals surface area contributed by atoms with Crippen LogP contribution in [0.2, 0.25) is 0 Å². The summed E-state index contributed by atoms with van der Waals surface area (Å²) in [5.41, 5.74) is 1.02. The highest BCUT2D eigenvalue weighted by Crippen LogP contribution is 2.34. The highest BCUT2D eigenvalue weighted by atomic mass is 32.1. The Labute approximate surface area is 194 Å². The van der Waals surface area contributed by atoms with E-state index in [2.05, 4.69) is 10.6 Å². The van der Waals surface area contributed by atoms with Crippen LogP contribution in [0.4, 0.5) is 10.7 Å². The van der Waals surface area contributed by atoms with E-state index in [-0.39, 0.29) is 47.4 Å². The molecule has 33 heavy (non-hydrogen) atoms. The fourth-order valence-corrected chi connectivity index (χ4v) is 3.92. The van der Waals surface area contributed by atoms with Crippen LogP contribution in [0, 0.1) is 6.92 Å². The number of hydrogen-bond acceptors (Lipinski definition) is 10. The second-order valence-corrected chi connectivity index (χ2v) is 7.54. The van der Waals surface area contributed by atoms with Crippen molar-refractivity contribution in [1.82, 2.24) is 0 Å². The number of hydrogen-bond donors (Lipinski definition) is 3. The lowest BCUT2D eigenvalue weighted by Gasteiger charge is -2.11. The van der Waals surface area contributed by atoms with Gasteiger partial charge in [0, 0.05) is 12.2 Å². The standard InChI is InChI=1S/C22H26N2O8S/c1-4-30-21(28)17-13(3)18(22(29)31-5-2)33-19(17)24-16(26)12-32-20(27)14-8-6-7-9-15(14)23-10-11-25/h6-9,23,25H,4-5,10-12H2,1-3H3,(H,24,26). The maximum atomic E-state index is 12.5. The number of benzene rings is 1. The predicted octanol–water partition coefficient (Wildman–Crippen LogP) is 2.61. The Morgan fingerprint density at radius 2 is 1.64 bits per heavy atom. The number of carbonyl (C=O) groups is 4. The van der Waals surface area contributed by atoms with Crippen molar-refractivity contribution in [3.63, 3.8) is 0 Å². The summed E-state index contributed by atoms with van der Waals surface area (Å²) in [5.74, 6) is -2.76. The van der Waals surface area contributed by atoms with Crippen LogP contribution in [0.5, 0.6) is 0 Å². The van der Waals surface area contributed by atoms with Crippen molar-refractivity contribution in [2.24, 2.45) is 0 Å². The van der Waals surface area contributed by atoms with Gasteiger partial charge in [-0.05, 0) is 38.5 Å². The number of carbonyl (C=O) groups excluding carboxylic acids is 4. The normalized spacial score (nSPS) is 10.3. The van der Waals surface area contributed by atoms with Gasteiger partial charge >= 0.3 is 17.9 Å². The fourth-order valence-electron chi connectivity index (χ4n) is 2.82. The zero-order valence-electron chi connectivity index (χ0n) is 18.6. The van der Waals surface area contributed by atoms with Gasteiger partial charge in [-0.25, -0.2) is 14.4 Å². The van der Waals surface area contributed by atoms with Crippen LogP contribution in [-0.4, -0.2) is 61.9 Å². The van der Waals surface area contributed by atoms with Gasteiger partial charge in [0.15, 0.2) is 6.61 Å². The van der Waals surface area contributed by atoms with E-state index >= 15 is 0 Å². The number of aliphatic hydroxyl groups excluding tert-OH is 1. The van der Waals surface area contributed by atoms with E-state index in [0.29, 0.717) is 11.3 Å². The number of ether oxygens (including phenoxy) is 3. The third kappa shape index (κ3) is 6.77. The highest BCUT2D eigenvalue weighted by molar-refractivity contribution is 7.18. The lowest BCUT2D eigenvalue weighted by Crippen LogP contribution is -2.22. The van der Waals surface area contributed by atoms with Crippen molar-refractivity contribution < 1.29 is 38.5 Å². The minimum Gasteiger partial charge on any atom is -0.462 e. The van der Waals surface area contributed by atoms with Crippen LogP contribution in [-0.2, 0) is 19.0 Å². The first-order valence-electron chi connectivity index (χ1n) is 10.2. The van der Waals surface area contributed by atoms with E-state index in [9.17, 15) is 19.2 Å². The zero-order chi connectivity index (χ0) is 24.4. The summed E-state index contributed by atoms with van der Waals surface area (Å²) in [4.78, 5) is 49.7. The maximum Gasteiger partial charge on any atom is 0.348 e. The van der Waals surface area contributed by atoms with Gasteiger partial charge in [0.2, 0.25) is 0 Å². The SMILES string of the molecule is CCOC(=O)c1sc(NC(=O)COC(=O)c2ccccc2NCCO)c(C(=O)OCC)c1C. The third-order valence-corrected chi connectivity index (χ3v) is 5.44. The number of thiophene rings is 1. The molecule has 0 atom stereocenters. The lowest BCUT2D eigenvalue weighted by molar-refractivity contribution is -0.119. The van der Waals surface area contributed by atoms with E-state index in [1.54, 1.807) is 39.0 Å². The molecular formula is C22H26N2O8S. The maximum absolute atomic E-state index is 12.5. The van der Waals surface area contributed by atoms with Crippen LogP contribution in [0.1, 0.15) is 49.8 Å². The Kier molecular flexibility index (Phi) is 9.83. The molecule has 0 saturated heterocycles. The van der Waals surface area contributed by atoms with Crippen molar-refractivity contribution in [2.45, 2.75) is 20.8 Å². The molecule has 10 nitrogen and oxygen atoms in total. The van der Waals surface area contributed by atoms with E-state index in [1.165, 1.54) is 6.07 Å². The largest absolute Gasteiger partial charge is 0.462 e. The van der Waals surface area contributed by atoms with Crippen molar-refractivity contribution in [3.8, 4) is 0 Å². The van der Waals surface area contributed by atoms with Crippen molar-refractivity contribution in [3.05, 3.63) is 45.8 Å². The fraction of sp³-hybridized carbons (Fsp3) is 0.364. The number of amides is 1. The molecular weight excluding hydrogens is 452 g/mol. The summed E-state index contributed by atoms with van der Waals surface area (Å²) >= 11 is 0.877. The average Bonchev–Trinajstić information content (AvgIpc) is 3.12. The molecule has 11 heteroatoms. The second-order valence-electron chi connectivity index (χ2n) is 6.52. The summed E-state index contributed by atoms with van der Waals surface area (Å²) in [6.07, 6.45) is 0. The quantitative estimate of drug-likeness (QED) is 0.328. The number of anilines is 2. The highest BCUT2D eigenvalue weighted by Gasteiger charge is 2.27. The summed E-state index contributed by atoms with van der Waals surface area (Å²) in [7, 11) is 0. The first-order valence-corrected chi connectivity index (χ1v) is 11.0. The summed E-state index contributed by atoms with van der Waals surface area (Å²) in [5, 5.41) is 14.5. The molecule has 0 aliphatic rings. The Bertz CT molecular complexity index is 1020. The molecule has 1 heterocycles. The van der Waals surface area contributed by atoms with E-state index in [1.807, 2.05) is 0 Å². The number of para-hydroxylation sites is 1. The molecule has 0 fully saturated rings. The molecule has 0 saturated carbocycles. The molecule has 0 radical (unpaired) electrons. The van der Waals surface area contributed by atoms with E-state index < -0.39 is 30.4 Å². The van der Waals surface area contributed by atoms with Gasteiger partial charge in [-0.1, -0.05) is 12.1 Å². The first kappa shape index (κ1) is 25.8. The van der Waals surface area contributed by atoms with Crippen LogP contribution < -0.4 is 10.6 Å². The zero-order valence-corrected chi connectivity index (χ0v) is 19.4. The van der Waals surface area contributed by atoms with Crippen molar-refractivity contribution >= 4 is 45.8 Å². The molecule has 0 unspecified atom stereocenters. The molecule has 1 aromatic heterocycles. The Hall–Kier alpha value is -3.44. The Morgan fingerprint density at radius 1 is 0.970 bits per heavy atom. The number of esters is 3. The number of aliphatic hydroxyl groups is 1. The minimum absolute atomic E-state index is 0.0446. The average molecular weight is 479 g/mol. The Balaban J connectivity index is 2.15. The van der Waals surface area contributed by atoms with Crippen molar-refractivity contribution in [2.75, 3.05) is 43.6 Å². The van der Waals surface area contributed by atoms with Gasteiger partial charge in [0.25, 0.3) is 5.91 Å². The molecule has 0 aliphatic carbocycles. The number of rotatable bonds is 11. The van der Waals surface area contributed by atoms with E-state index in [4.69, 9.17) is 19.3 Å².